The second kappa shape index (κ2) is 10.4. The predicted molar refractivity (Wildman–Crippen MR) is 95.9 cm³/mol. The van der Waals surface area contributed by atoms with Crippen LogP contribution >= 0.6 is 0 Å². The number of hydrogen-bond acceptors (Lipinski definition) is 3. The summed E-state index contributed by atoms with van der Waals surface area (Å²) in [4.78, 5) is 0. The zero-order valence-electron chi connectivity index (χ0n) is 13.7. The van der Waals surface area contributed by atoms with Gasteiger partial charge in [0.2, 0.25) is 0 Å². The van der Waals surface area contributed by atoms with Crippen LogP contribution in [0.3, 0.4) is 0 Å². The van der Waals surface area contributed by atoms with Crippen molar-refractivity contribution in [3.8, 4) is 0 Å². The summed E-state index contributed by atoms with van der Waals surface area (Å²) >= 11 is 0. The molecule has 0 bridgehead atoms. The third-order valence-electron chi connectivity index (χ3n) is 3.43. The van der Waals surface area contributed by atoms with Gasteiger partial charge in [0.05, 0.1) is 19.3 Å². The van der Waals surface area contributed by atoms with E-state index in [0.717, 1.165) is 15.9 Å². The second-order valence-corrected chi connectivity index (χ2v) is 5.35. The van der Waals surface area contributed by atoms with Crippen LogP contribution in [0.25, 0.3) is 0 Å². The molecular formula is C20H23NO3. The molecule has 4 heteroatoms. The Kier molecular flexibility index (Phi) is 7.74. The van der Waals surface area contributed by atoms with Crippen LogP contribution in [0.1, 0.15) is 11.1 Å². The molecule has 0 aliphatic heterocycles. The molecule has 0 radical (unpaired) electrons. The average Bonchev–Trinajstić information content (AvgIpc) is 2.63. The summed E-state index contributed by atoms with van der Waals surface area (Å²) < 4.78 is 12.1. The lowest BCUT2D eigenvalue weighted by atomic mass is 10.2. The van der Waals surface area contributed by atoms with Gasteiger partial charge >= 0.3 is 0 Å². The van der Waals surface area contributed by atoms with Gasteiger partial charge < -0.3 is 14.7 Å². The van der Waals surface area contributed by atoms with Crippen molar-refractivity contribution in [2.24, 2.45) is 0 Å². The molecule has 1 unspecified atom stereocenters. The van der Waals surface area contributed by atoms with Gasteiger partial charge in [-0.1, -0.05) is 66.7 Å². The standard InChI is InChI=1S/C20H23NO3/c1-2-20(24-16-19-11-7-4-8-12-19)17-23-14-13-21(22)15-18-9-5-3-6-10-18/h2-13,20H,1,14-17H2/b21-13+. The molecule has 0 amide bonds. The molecule has 24 heavy (non-hydrogen) atoms. The zero-order valence-corrected chi connectivity index (χ0v) is 13.7. The Hall–Kier alpha value is -2.43. The van der Waals surface area contributed by atoms with Crippen molar-refractivity contribution in [2.75, 3.05) is 13.2 Å². The molecule has 0 N–H and O–H groups in total. The number of hydrogen-bond donors (Lipinski definition) is 0. The van der Waals surface area contributed by atoms with Gasteiger partial charge in [-0.25, -0.2) is 4.74 Å². The normalized spacial score (nSPS) is 12.8. The summed E-state index contributed by atoms with van der Waals surface area (Å²) in [6.45, 7) is 5.19. The number of hydroxylamine groups is 1. The highest BCUT2D eigenvalue weighted by molar-refractivity contribution is 5.52. The van der Waals surface area contributed by atoms with E-state index in [1.807, 2.05) is 60.7 Å². The molecular weight excluding hydrogens is 302 g/mol. The summed E-state index contributed by atoms with van der Waals surface area (Å²) in [7, 11) is 0. The molecule has 0 heterocycles. The number of nitrogens with zero attached hydrogens (tertiary/aromatic N) is 1. The summed E-state index contributed by atoms with van der Waals surface area (Å²) in [5.41, 5.74) is 2.07. The van der Waals surface area contributed by atoms with Crippen molar-refractivity contribution in [1.29, 1.82) is 0 Å². The maximum atomic E-state index is 11.8. The molecule has 2 aromatic carbocycles. The monoisotopic (exact) mass is 325 g/mol. The van der Waals surface area contributed by atoms with Crippen LogP contribution in [-0.2, 0) is 22.6 Å². The van der Waals surface area contributed by atoms with E-state index in [2.05, 4.69) is 6.58 Å². The van der Waals surface area contributed by atoms with E-state index in [1.165, 1.54) is 6.21 Å². The molecule has 0 fully saturated rings. The first kappa shape index (κ1) is 17.9. The molecule has 0 aliphatic carbocycles. The lowest BCUT2D eigenvalue weighted by Gasteiger charge is -2.13. The first-order chi connectivity index (χ1) is 11.8. The van der Waals surface area contributed by atoms with E-state index >= 15 is 0 Å². The summed E-state index contributed by atoms with van der Waals surface area (Å²) in [5.74, 6) is 0. The van der Waals surface area contributed by atoms with Crippen LogP contribution < -0.4 is 0 Å². The van der Waals surface area contributed by atoms with Crippen molar-refractivity contribution in [2.45, 2.75) is 19.3 Å². The minimum absolute atomic E-state index is 0.201. The van der Waals surface area contributed by atoms with E-state index in [9.17, 15) is 5.21 Å². The van der Waals surface area contributed by atoms with E-state index in [-0.39, 0.29) is 12.7 Å². The maximum absolute atomic E-state index is 11.8. The molecule has 4 nitrogen and oxygen atoms in total. The van der Waals surface area contributed by atoms with E-state index in [0.29, 0.717) is 19.8 Å². The fourth-order valence-corrected chi connectivity index (χ4v) is 2.11. The Morgan fingerprint density at radius 2 is 1.62 bits per heavy atom. The van der Waals surface area contributed by atoms with Crippen molar-refractivity contribution < 1.29 is 14.2 Å². The first-order valence-corrected chi connectivity index (χ1v) is 7.95. The number of ether oxygens (including phenoxy) is 2. The van der Waals surface area contributed by atoms with Crippen molar-refractivity contribution in [3.05, 3.63) is 89.7 Å². The molecule has 0 saturated heterocycles. The molecule has 0 aliphatic rings. The van der Waals surface area contributed by atoms with Crippen LogP contribution in [0, 0.1) is 5.21 Å². The van der Waals surface area contributed by atoms with Gasteiger partial charge in [0.1, 0.15) is 6.61 Å². The molecule has 1 atom stereocenters. The SMILES string of the molecule is C=CC(COC/C=[N+](/[O-])Cc1ccccc1)OCc1ccccc1. The quantitative estimate of drug-likeness (QED) is 0.168. The second-order valence-electron chi connectivity index (χ2n) is 5.35. The van der Waals surface area contributed by atoms with Crippen LogP contribution in [0.15, 0.2) is 73.3 Å². The number of rotatable bonds is 10. The Bertz CT molecular complexity index is 626. The van der Waals surface area contributed by atoms with Gasteiger partial charge in [-0.3, -0.25) is 0 Å². The zero-order chi connectivity index (χ0) is 17.0. The van der Waals surface area contributed by atoms with Crippen molar-refractivity contribution in [3.63, 3.8) is 0 Å². The van der Waals surface area contributed by atoms with Gasteiger partial charge in [0.15, 0.2) is 12.8 Å². The average molecular weight is 325 g/mol. The maximum Gasteiger partial charge on any atom is 0.178 e. The Morgan fingerprint density at radius 3 is 2.25 bits per heavy atom. The van der Waals surface area contributed by atoms with Crippen LogP contribution in [0.4, 0.5) is 0 Å². The minimum Gasteiger partial charge on any atom is -0.624 e. The lowest BCUT2D eigenvalue weighted by molar-refractivity contribution is -0.471. The van der Waals surface area contributed by atoms with E-state index < -0.39 is 0 Å². The summed E-state index contributed by atoms with van der Waals surface area (Å²) in [5, 5.41) is 11.8. The first-order valence-electron chi connectivity index (χ1n) is 7.95. The van der Waals surface area contributed by atoms with Crippen LogP contribution in [0.2, 0.25) is 0 Å². The third kappa shape index (κ3) is 6.77. The van der Waals surface area contributed by atoms with Gasteiger partial charge in [0.25, 0.3) is 0 Å². The minimum atomic E-state index is -0.201. The number of benzene rings is 2. The van der Waals surface area contributed by atoms with Crippen LogP contribution in [-0.4, -0.2) is 30.3 Å². The fraction of sp³-hybridized carbons (Fsp3) is 0.250. The smallest absolute Gasteiger partial charge is 0.178 e. The topological polar surface area (TPSA) is 44.5 Å². The predicted octanol–water partition coefficient (Wildman–Crippen LogP) is 3.56. The summed E-state index contributed by atoms with van der Waals surface area (Å²) in [6, 6.07) is 19.5. The van der Waals surface area contributed by atoms with E-state index in [4.69, 9.17) is 9.47 Å². The highest BCUT2D eigenvalue weighted by Crippen LogP contribution is 2.04. The molecule has 0 saturated carbocycles. The molecule has 126 valence electrons. The lowest BCUT2D eigenvalue weighted by Crippen LogP contribution is -2.19. The van der Waals surface area contributed by atoms with Gasteiger partial charge in [0, 0.05) is 5.56 Å². The summed E-state index contributed by atoms with van der Waals surface area (Å²) in [6.07, 6.45) is 3.00. The van der Waals surface area contributed by atoms with Gasteiger partial charge in [-0.05, 0) is 5.56 Å². The van der Waals surface area contributed by atoms with Gasteiger partial charge in [-0.15, -0.1) is 6.58 Å². The molecule has 2 rings (SSSR count). The molecule has 0 spiro atoms. The molecule has 0 aromatic heterocycles. The van der Waals surface area contributed by atoms with Crippen molar-refractivity contribution in [1.82, 2.24) is 0 Å². The fourth-order valence-electron chi connectivity index (χ4n) is 2.11. The largest absolute Gasteiger partial charge is 0.624 e. The highest BCUT2D eigenvalue weighted by Gasteiger charge is 2.05. The Labute approximate surface area is 143 Å². The van der Waals surface area contributed by atoms with Gasteiger partial charge in [-0.2, -0.15) is 0 Å². The molecule has 2 aromatic rings. The highest BCUT2D eigenvalue weighted by atomic mass is 16.5. The Morgan fingerprint density at radius 1 is 1.00 bits per heavy atom. The van der Waals surface area contributed by atoms with Crippen molar-refractivity contribution >= 4 is 6.21 Å². The third-order valence-corrected chi connectivity index (χ3v) is 3.43. The van der Waals surface area contributed by atoms with Crippen LogP contribution in [0.5, 0.6) is 0 Å². The van der Waals surface area contributed by atoms with E-state index in [1.54, 1.807) is 6.08 Å². The Balaban J connectivity index is 1.67.